The number of aryl methyl sites for hydroxylation is 2. The molecule has 8 heteroatoms. The van der Waals surface area contributed by atoms with Crippen molar-refractivity contribution < 1.29 is 9.32 Å². The lowest BCUT2D eigenvalue weighted by Crippen LogP contribution is -2.13. The highest BCUT2D eigenvalue weighted by atomic mass is 16.5. The van der Waals surface area contributed by atoms with Gasteiger partial charge in [-0.2, -0.15) is 0 Å². The van der Waals surface area contributed by atoms with Crippen molar-refractivity contribution in [3.05, 3.63) is 71.9 Å². The Kier molecular flexibility index (Phi) is 4.08. The Morgan fingerprint density at radius 3 is 2.63 bits per heavy atom. The second-order valence-electron chi connectivity index (χ2n) is 6.25. The molecule has 0 aliphatic heterocycles. The van der Waals surface area contributed by atoms with Crippen molar-refractivity contribution in [2.45, 2.75) is 20.8 Å². The number of amides is 1. The lowest BCUT2D eigenvalue weighted by molar-refractivity contribution is 0.102. The van der Waals surface area contributed by atoms with E-state index in [1.54, 1.807) is 35.6 Å². The summed E-state index contributed by atoms with van der Waals surface area (Å²) >= 11 is 0. The third-order valence-electron chi connectivity index (χ3n) is 4.30. The van der Waals surface area contributed by atoms with Crippen LogP contribution in [0.1, 0.15) is 27.5 Å². The summed E-state index contributed by atoms with van der Waals surface area (Å²) in [6.07, 6.45) is 6.78. The third-order valence-corrected chi connectivity index (χ3v) is 4.30. The Morgan fingerprint density at radius 2 is 2.00 bits per heavy atom. The van der Waals surface area contributed by atoms with E-state index in [1.165, 1.54) is 0 Å². The molecule has 0 unspecified atom stereocenters. The molecule has 136 valence electrons. The Hall–Kier alpha value is -3.68. The Labute approximate surface area is 155 Å². The van der Waals surface area contributed by atoms with Gasteiger partial charge in [-0.1, -0.05) is 5.16 Å². The van der Waals surface area contributed by atoms with Crippen molar-refractivity contribution in [3.63, 3.8) is 0 Å². The quantitative estimate of drug-likeness (QED) is 0.602. The van der Waals surface area contributed by atoms with E-state index in [4.69, 9.17) is 4.52 Å². The molecule has 0 bridgehead atoms. The number of anilines is 1. The number of hydrogen-bond acceptors (Lipinski definition) is 5. The summed E-state index contributed by atoms with van der Waals surface area (Å²) in [6, 6.07) is 7.29. The van der Waals surface area contributed by atoms with Gasteiger partial charge in [0.05, 0.1) is 17.4 Å². The average Bonchev–Trinajstić information content (AvgIpc) is 3.37. The molecule has 4 heterocycles. The maximum Gasteiger partial charge on any atom is 0.257 e. The number of imidazole rings is 1. The molecule has 0 aromatic carbocycles. The molecule has 1 amide bonds. The van der Waals surface area contributed by atoms with E-state index in [1.807, 2.05) is 43.5 Å². The van der Waals surface area contributed by atoms with Crippen LogP contribution in [0.15, 0.2) is 53.7 Å². The number of pyridine rings is 1. The highest BCUT2D eigenvalue weighted by Crippen LogP contribution is 2.22. The standard InChI is InChI=1S/C19H18N6O2/c1-12-8-16(14(3)25(12)18-9-13(2)27-23-18)19(26)22-15-4-5-17(21-10-15)24-7-6-20-11-24/h4-11H,1-3H3,(H,22,26). The first kappa shape index (κ1) is 16.8. The molecule has 27 heavy (non-hydrogen) atoms. The van der Waals surface area contributed by atoms with E-state index in [2.05, 4.69) is 20.4 Å². The molecule has 4 aromatic heterocycles. The molecule has 0 saturated carbocycles. The van der Waals surface area contributed by atoms with Gasteiger partial charge in [0.2, 0.25) is 0 Å². The second kappa shape index (κ2) is 6.56. The zero-order valence-corrected chi connectivity index (χ0v) is 15.2. The maximum atomic E-state index is 12.7. The maximum absolute atomic E-state index is 12.7. The van der Waals surface area contributed by atoms with E-state index in [-0.39, 0.29) is 5.91 Å². The normalized spacial score (nSPS) is 10.9. The van der Waals surface area contributed by atoms with Crippen LogP contribution in [-0.4, -0.2) is 30.2 Å². The molecule has 0 fully saturated rings. The fourth-order valence-electron chi connectivity index (χ4n) is 3.01. The van der Waals surface area contributed by atoms with Crippen LogP contribution in [0.5, 0.6) is 0 Å². The molecular formula is C19H18N6O2. The van der Waals surface area contributed by atoms with Gasteiger partial charge in [-0.15, -0.1) is 0 Å². The van der Waals surface area contributed by atoms with Gasteiger partial charge in [0.15, 0.2) is 5.82 Å². The first-order valence-corrected chi connectivity index (χ1v) is 8.41. The molecule has 0 aliphatic rings. The number of rotatable bonds is 4. The fourth-order valence-corrected chi connectivity index (χ4v) is 3.01. The monoisotopic (exact) mass is 362 g/mol. The van der Waals surface area contributed by atoms with Crippen LogP contribution in [0.3, 0.4) is 0 Å². The number of nitrogens with one attached hydrogen (secondary N) is 1. The summed E-state index contributed by atoms with van der Waals surface area (Å²) in [5.41, 5.74) is 2.89. The highest BCUT2D eigenvalue weighted by Gasteiger charge is 2.18. The zero-order valence-electron chi connectivity index (χ0n) is 15.2. The lowest BCUT2D eigenvalue weighted by atomic mass is 10.2. The van der Waals surface area contributed by atoms with Gasteiger partial charge in [-0.05, 0) is 39.0 Å². The van der Waals surface area contributed by atoms with Crippen molar-refractivity contribution in [1.29, 1.82) is 0 Å². The molecule has 1 N–H and O–H groups in total. The summed E-state index contributed by atoms with van der Waals surface area (Å²) in [7, 11) is 0. The van der Waals surface area contributed by atoms with Crippen LogP contribution in [0, 0.1) is 20.8 Å². The summed E-state index contributed by atoms with van der Waals surface area (Å²) in [6.45, 7) is 5.64. The average molecular weight is 362 g/mol. The minimum atomic E-state index is -0.202. The van der Waals surface area contributed by atoms with Crippen molar-refractivity contribution in [3.8, 4) is 11.6 Å². The number of aromatic nitrogens is 5. The van der Waals surface area contributed by atoms with Crippen molar-refractivity contribution in [2.75, 3.05) is 5.32 Å². The summed E-state index contributed by atoms with van der Waals surface area (Å²) < 4.78 is 8.84. The summed E-state index contributed by atoms with van der Waals surface area (Å²) in [5, 5.41) is 6.92. The molecule has 0 radical (unpaired) electrons. The molecule has 8 nitrogen and oxygen atoms in total. The molecule has 0 atom stereocenters. The Balaban J connectivity index is 1.57. The summed E-state index contributed by atoms with van der Waals surface area (Å²) in [5.74, 6) is 1.90. The number of hydrogen-bond donors (Lipinski definition) is 1. The van der Waals surface area contributed by atoms with E-state index in [9.17, 15) is 4.79 Å². The second-order valence-corrected chi connectivity index (χ2v) is 6.25. The first-order chi connectivity index (χ1) is 13.0. The van der Waals surface area contributed by atoms with E-state index in [0.29, 0.717) is 22.8 Å². The van der Waals surface area contributed by atoms with Crippen LogP contribution in [-0.2, 0) is 0 Å². The molecule has 0 aliphatic carbocycles. The molecular weight excluding hydrogens is 344 g/mol. The largest absolute Gasteiger partial charge is 0.360 e. The predicted octanol–water partition coefficient (Wildman–Crippen LogP) is 3.22. The van der Waals surface area contributed by atoms with Gasteiger partial charge in [0.25, 0.3) is 5.91 Å². The molecule has 0 saturated heterocycles. The number of carbonyl (C=O) groups excluding carboxylic acids is 1. The van der Waals surface area contributed by atoms with Crippen LogP contribution < -0.4 is 5.32 Å². The zero-order chi connectivity index (χ0) is 19.0. The minimum Gasteiger partial charge on any atom is -0.360 e. The SMILES string of the molecule is Cc1cc(-n2c(C)cc(C(=O)Nc3ccc(-n4ccnc4)nc3)c2C)no1. The van der Waals surface area contributed by atoms with Gasteiger partial charge < -0.3 is 9.84 Å². The van der Waals surface area contributed by atoms with Gasteiger partial charge in [-0.3, -0.25) is 13.9 Å². The predicted molar refractivity (Wildman–Crippen MR) is 99.4 cm³/mol. The minimum absolute atomic E-state index is 0.202. The number of carbonyl (C=O) groups is 1. The molecule has 4 aromatic rings. The Bertz CT molecular complexity index is 1090. The van der Waals surface area contributed by atoms with E-state index < -0.39 is 0 Å². The fraction of sp³-hybridized carbons (Fsp3) is 0.158. The van der Waals surface area contributed by atoms with Gasteiger partial charge >= 0.3 is 0 Å². The van der Waals surface area contributed by atoms with Crippen molar-refractivity contribution in [2.24, 2.45) is 0 Å². The van der Waals surface area contributed by atoms with Crippen LogP contribution in [0.4, 0.5) is 5.69 Å². The summed E-state index contributed by atoms with van der Waals surface area (Å²) in [4.78, 5) is 21.1. The smallest absolute Gasteiger partial charge is 0.257 e. The Morgan fingerprint density at radius 1 is 1.15 bits per heavy atom. The number of nitrogens with zero attached hydrogens (tertiary/aromatic N) is 5. The van der Waals surface area contributed by atoms with Gasteiger partial charge in [0, 0.05) is 29.8 Å². The van der Waals surface area contributed by atoms with Crippen LogP contribution >= 0.6 is 0 Å². The first-order valence-electron chi connectivity index (χ1n) is 8.41. The topological polar surface area (TPSA) is 90.8 Å². The van der Waals surface area contributed by atoms with Crippen LogP contribution in [0.25, 0.3) is 11.6 Å². The van der Waals surface area contributed by atoms with Crippen molar-refractivity contribution >= 4 is 11.6 Å². The van der Waals surface area contributed by atoms with Crippen molar-refractivity contribution in [1.82, 2.24) is 24.3 Å². The third kappa shape index (κ3) is 3.12. The van der Waals surface area contributed by atoms with Gasteiger partial charge in [0.1, 0.15) is 17.9 Å². The highest BCUT2D eigenvalue weighted by molar-refractivity contribution is 6.05. The lowest BCUT2D eigenvalue weighted by Gasteiger charge is -2.07. The van der Waals surface area contributed by atoms with E-state index in [0.717, 1.165) is 17.2 Å². The van der Waals surface area contributed by atoms with Crippen LogP contribution in [0.2, 0.25) is 0 Å². The molecule has 4 rings (SSSR count). The van der Waals surface area contributed by atoms with Gasteiger partial charge in [-0.25, -0.2) is 9.97 Å². The molecule has 0 spiro atoms. The van der Waals surface area contributed by atoms with E-state index >= 15 is 0 Å².